The number of fused-ring (bicyclic) bond motifs is 1. The first-order valence-electron chi connectivity index (χ1n) is 7.61. The van der Waals surface area contributed by atoms with Crippen molar-refractivity contribution in [2.45, 2.75) is 24.3 Å². The van der Waals surface area contributed by atoms with Crippen LogP contribution < -0.4 is 5.32 Å². The van der Waals surface area contributed by atoms with Crippen molar-refractivity contribution in [3.8, 4) is 0 Å². The van der Waals surface area contributed by atoms with Crippen molar-refractivity contribution in [3.63, 3.8) is 0 Å². The molecule has 1 aromatic heterocycles. The quantitative estimate of drug-likeness (QED) is 0.827. The molecule has 10 heteroatoms. The van der Waals surface area contributed by atoms with Crippen LogP contribution in [-0.2, 0) is 19.6 Å². The van der Waals surface area contributed by atoms with Gasteiger partial charge in [0.05, 0.1) is 31.0 Å². The number of carbonyl (C=O) groups excluding carboxylic acids is 1. The van der Waals surface area contributed by atoms with E-state index < -0.39 is 16.1 Å². The lowest BCUT2D eigenvalue weighted by Crippen LogP contribution is -2.50. The number of amides is 1. The monoisotopic (exact) mass is 370 g/mol. The molecule has 0 radical (unpaired) electrons. The van der Waals surface area contributed by atoms with Crippen LogP contribution in [0.2, 0.25) is 0 Å². The van der Waals surface area contributed by atoms with Crippen LogP contribution in [0, 0.1) is 0 Å². The second kappa shape index (κ2) is 7.09. The summed E-state index contributed by atoms with van der Waals surface area (Å²) in [6.07, 6.45) is 0.0678. The summed E-state index contributed by atoms with van der Waals surface area (Å²) >= 11 is 0.976. The van der Waals surface area contributed by atoms with Gasteiger partial charge in [-0.15, -0.1) is 0 Å². The van der Waals surface area contributed by atoms with Crippen molar-refractivity contribution in [1.29, 1.82) is 0 Å². The Kier molecular flexibility index (Phi) is 5.09. The minimum absolute atomic E-state index is 0.0678. The van der Waals surface area contributed by atoms with Crippen molar-refractivity contribution in [2.75, 3.05) is 26.3 Å². The van der Waals surface area contributed by atoms with E-state index in [0.29, 0.717) is 24.2 Å². The minimum atomic E-state index is -3.79. The Labute approximate surface area is 144 Å². The summed E-state index contributed by atoms with van der Waals surface area (Å²) in [6.45, 7) is 3.03. The van der Waals surface area contributed by atoms with Gasteiger partial charge in [-0.3, -0.25) is 4.79 Å². The third-order valence-corrected chi connectivity index (χ3v) is 6.33. The van der Waals surface area contributed by atoms with Gasteiger partial charge in [0.15, 0.2) is 0 Å². The van der Waals surface area contributed by atoms with Crippen LogP contribution in [0.1, 0.15) is 13.3 Å². The van der Waals surface area contributed by atoms with Gasteiger partial charge < -0.3 is 10.1 Å². The number of nitrogens with one attached hydrogen (secondary N) is 1. The lowest BCUT2D eigenvalue weighted by Gasteiger charge is -2.34. The standard InChI is InChI=1S/C14H18N4O4S2/c1-2-15-13(19)8-10-9-22-7-6-18(10)24(20,21)12-5-3-4-11-14(12)17-23-16-11/h3-5,10H,2,6-9H2,1H3,(H,15,19)/t10-/m1/s1. The number of nitrogens with zero attached hydrogens (tertiary/aromatic N) is 3. The summed E-state index contributed by atoms with van der Waals surface area (Å²) in [5.41, 5.74) is 0.917. The number of benzene rings is 1. The van der Waals surface area contributed by atoms with E-state index in [-0.39, 0.29) is 30.4 Å². The van der Waals surface area contributed by atoms with E-state index in [2.05, 4.69) is 14.1 Å². The van der Waals surface area contributed by atoms with Crippen LogP contribution in [0.15, 0.2) is 23.1 Å². The summed E-state index contributed by atoms with van der Waals surface area (Å²) in [4.78, 5) is 12.0. The van der Waals surface area contributed by atoms with E-state index in [4.69, 9.17) is 4.74 Å². The van der Waals surface area contributed by atoms with Crippen molar-refractivity contribution < 1.29 is 17.9 Å². The number of sulfonamides is 1. The summed E-state index contributed by atoms with van der Waals surface area (Å²) < 4.78 is 41.2. The number of rotatable bonds is 5. The molecule has 1 atom stereocenters. The lowest BCUT2D eigenvalue weighted by molar-refractivity contribution is -0.122. The van der Waals surface area contributed by atoms with Gasteiger partial charge in [0.1, 0.15) is 15.9 Å². The highest BCUT2D eigenvalue weighted by Crippen LogP contribution is 2.27. The Morgan fingerprint density at radius 3 is 3.08 bits per heavy atom. The number of aromatic nitrogens is 2. The molecule has 1 N–H and O–H groups in total. The molecule has 1 amide bonds. The molecule has 0 unspecified atom stereocenters. The van der Waals surface area contributed by atoms with Gasteiger partial charge in [-0.1, -0.05) is 6.07 Å². The molecule has 3 rings (SSSR count). The summed E-state index contributed by atoms with van der Waals surface area (Å²) in [5, 5.41) is 2.69. The van der Waals surface area contributed by atoms with Gasteiger partial charge in [0, 0.05) is 19.5 Å². The smallest absolute Gasteiger partial charge is 0.245 e. The zero-order chi connectivity index (χ0) is 17.2. The van der Waals surface area contributed by atoms with E-state index in [1.807, 2.05) is 6.92 Å². The van der Waals surface area contributed by atoms with Crippen LogP contribution in [-0.4, -0.2) is 59.7 Å². The van der Waals surface area contributed by atoms with Gasteiger partial charge in [-0.25, -0.2) is 8.42 Å². The zero-order valence-electron chi connectivity index (χ0n) is 13.1. The van der Waals surface area contributed by atoms with Crippen LogP contribution >= 0.6 is 11.7 Å². The highest BCUT2D eigenvalue weighted by Gasteiger charge is 2.36. The first kappa shape index (κ1) is 17.2. The summed E-state index contributed by atoms with van der Waals surface area (Å²) in [6, 6.07) is 4.37. The molecule has 0 spiro atoms. The van der Waals surface area contributed by atoms with Crippen LogP contribution in [0.3, 0.4) is 0 Å². The van der Waals surface area contributed by atoms with E-state index in [9.17, 15) is 13.2 Å². The van der Waals surface area contributed by atoms with Gasteiger partial charge in [-0.05, 0) is 19.1 Å². The fourth-order valence-electron chi connectivity index (χ4n) is 2.72. The third kappa shape index (κ3) is 3.27. The Bertz CT molecular complexity index is 836. The van der Waals surface area contributed by atoms with Crippen molar-refractivity contribution in [1.82, 2.24) is 18.4 Å². The van der Waals surface area contributed by atoms with Gasteiger partial charge in [-0.2, -0.15) is 13.1 Å². The minimum Gasteiger partial charge on any atom is -0.378 e. The summed E-state index contributed by atoms with van der Waals surface area (Å²) in [5.74, 6) is -0.193. The molecule has 1 fully saturated rings. The maximum Gasteiger partial charge on any atom is 0.245 e. The van der Waals surface area contributed by atoms with Gasteiger partial charge in [0.25, 0.3) is 0 Å². The average molecular weight is 370 g/mol. The van der Waals surface area contributed by atoms with Crippen molar-refractivity contribution in [2.24, 2.45) is 0 Å². The molecule has 0 aliphatic carbocycles. The number of carbonyl (C=O) groups is 1. The maximum absolute atomic E-state index is 13.1. The van der Waals surface area contributed by atoms with E-state index in [0.717, 1.165) is 11.7 Å². The van der Waals surface area contributed by atoms with E-state index in [1.54, 1.807) is 12.1 Å². The average Bonchev–Trinajstić information content (AvgIpc) is 3.03. The third-order valence-electron chi connectivity index (χ3n) is 3.80. The number of ether oxygens (including phenoxy) is 1. The molecular formula is C14H18N4O4S2. The van der Waals surface area contributed by atoms with Crippen molar-refractivity contribution in [3.05, 3.63) is 18.2 Å². The first-order chi connectivity index (χ1) is 11.5. The number of morpholine rings is 1. The van der Waals surface area contributed by atoms with Gasteiger partial charge in [0.2, 0.25) is 15.9 Å². The normalized spacial score (nSPS) is 19.5. The molecule has 1 aromatic carbocycles. The second-order valence-electron chi connectivity index (χ2n) is 5.39. The van der Waals surface area contributed by atoms with E-state index >= 15 is 0 Å². The predicted octanol–water partition coefficient (Wildman–Crippen LogP) is 0.607. The fourth-order valence-corrected chi connectivity index (χ4v) is 5.06. The molecule has 0 bridgehead atoms. The Morgan fingerprint density at radius 1 is 1.46 bits per heavy atom. The molecular weight excluding hydrogens is 352 g/mol. The molecule has 2 aromatic rings. The highest BCUT2D eigenvalue weighted by molar-refractivity contribution is 7.89. The highest BCUT2D eigenvalue weighted by atomic mass is 32.2. The zero-order valence-corrected chi connectivity index (χ0v) is 14.8. The predicted molar refractivity (Wildman–Crippen MR) is 89.2 cm³/mol. The molecule has 1 aliphatic heterocycles. The van der Waals surface area contributed by atoms with Crippen LogP contribution in [0.5, 0.6) is 0 Å². The molecule has 24 heavy (non-hydrogen) atoms. The van der Waals surface area contributed by atoms with E-state index in [1.165, 1.54) is 10.4 Å². The Morgan fingerprint density at radius 2 is 2.29 bits per heavy atom. The fraction of sp³-hybridized carbons (Fsp3) is 0.500. The molecule has 0 saturated carbocycles. The molecule has 130 valence electrons. The Hall–Kier alpha value is -1.62. The SMILES string of the molecule is CCNC(=O)C[C@@H]1COCCN1S(=O)(=O)c1cccc2nsnc12. The Balaban J connectivity index is 1.94. The molecule has 1 aliphatic rings. The van der Waals surface area contributed by atoms with Crippen LogP contribution in [0.25, 0.3) is 11.0 Å². The van der Waals surface area contributed by atoms with Crippen LogP contribution in [0.4, 0.5) is 0 Å². The maximum atomic E-state index is 13.1. The molecule has 2 heterocycles. The molecule has 1 saturated heterocycles. The topological polar surface area (TPSA) is 101 Å². The second-order valence-corrected chi connectivity index (χ2v) is 7.78. The summed E-state index contributed by atoms with van der Waals surface area (Å²) in [7, 11) is -3.79. The number of hydrogen-bond acceptors (Lipinski definition) is 7. The number of hydrogen-bond donors (Lipinski definition) is 1. The first-order valence-corrected chi connectivity index (χ1v) is 9.78. The molecule has 8 nitrogen and oxygen atoms in total. The van der Waals surface area contributed by atoms with Gasteiger partial charge >= 0.3 is 0 Å². The van der Waals surface area contributed by atoms with Crippen molar-refractivity contribution >= 4 is 38.7 Å². The largest absolute Gasteiger partial charge is 0.378 e. The lowest BCUT2D eigenvalue weighted by atomic mass is 10.2.